The van der Waals surface area contributed by atoms with Crippen LogP contribution in [0.25, 0.3) is 0 Å². The number of benzene rings is 3. The number of hydrogen-bond donors (Lipinski definition) is 1. The van der Waals surface area contributed by atoms with E-state index >= 15 is 0 Å². The molecular formula is C23H24N2O. The largest absolute Gasteiger partial charge is 0.351 e. The van der Waals surface area contributed by atoms with Gasteiger partial charge < -0.3 is 5.32 Å². The van der Waals surface area contributed by atoms with Crippen molar-refractivity contribution < 1.29 is 4.79 Å². The molecule has 0 aliphatic rings. The van der Waals surface area contributed by atoms with E-state index in [1.807, 2.05) is 42.5 Å². The Labute approximate surface area is 155 Å². The molecule has 0 atom stereocenters. The highest BCUT2D eigenvalue weighted by atomic mass is 16.1. The number of nitrogens with one attached hydrogen (secondary N) is 1. The van der Waals surface area contributed by atoms with Gasteiger partial charge in [0, 0.05) is 31.7 Å². The zero-order valence-electron chi connectivity index (χ0n) is 14.8. The van der Waals surface area contributed by atoms with Crippen LogP contribution in [0.3, 0.4) is 0 Å². The fraction of sp³-hybridized carbons (Fsp3) is 0.174. The molecule has 1 N–H and O–H groups in total. The van der Waals surface area contributed by atoms with Gasteiger partial charge in [-0.3, -0.25) is 9.69 Å². The normalized spacial score (nSPS) is 10.7. The van der Waals surface area contributed by atoms with E-state index in [1.165, 1.54) is 11.1 Å². The molecule has 132 valence electrons. The third-order valence-corrected chi connectivity index (χ3v) is 4.25. The average molecular weight is 344 g/mol. The first-order valence-corrected chi connectivity index (χ1v) is 8.95. The number of carbonyl (C=O) groups is 1. The molecule has 0 aromatic heterocycles. The van der Waals surface area contributed by atoms with Crippen molar-refractivity contribution in [3.05, 3.63) is 108 Å². The Balaban J connectivity index is 1.59. The summed E-state index contributed by atoms with van der Waals surface area (Å²) in [4.78, 5) is 14.6. The van der Waals surface area contributed by atoms with Crippen LogP contribution < -0.4 is 5.32 Å². The zero-order chi connectivity index (χ0) is 18.0. The highest BCUT2D eigenvalue weighted by Gasteiger charge is 2.09. The summed E-state index contributed by atoms with van der Waals surface area (Å²) in [6.45, 7) is 3.13. The number of hydrogen-bond acceptors (Lipinski definition) is 2. The summed E-state index contributed by atoms with van der Waals surface area (Å²) in [5, 5.41) is 3.02. The third kappa shape index (κ3) is 5.57. The van der Waals surface area contributed by atoms with Gasteiger partial charge in [-0.25, -0.2) is 0 Å². The molecular weight excluding hydrogens is 320 g/mol. The molecule has 0 aliphatic heterocycles. The summed E-state index contributed by atoms with van der Waals surface area (Å²) >= 11 is 0. The lowest BCUT2D eigenvalue weighted by Crippen LogP contribution is -2.34. The van der Waals surface area contributed by atoms with Gasteiger partial charge in [-0.1, -0.05) is 78.9 Å². The van der Waals surface area contributed by atoms with Gasteiger partial charge in [-0.15, -0.1) is 0 Å². The summed E-state index contributed by atoms with van der Waals surface area (Å²) in [7, 11) is 0. The molecule has 0 aliphatic carbocycles. The summed E-state index contributed by atoms with van der Waals surface area (Å²) < 4.78 is 0. The maximum Gasteiger partial charge on any atom is 0.251 e. The molecule has 0 bridgehead atoms. The summed E-state index contributed by atoms with van der Waals surface area (Å²) in [5.41, 5.74) is 3.25. The van der Waals surface area contributed by atoms with Crippen molar-refractivity contribution in [2.24, 2.45) is 0 Å². The van der Waals surface area contributed by atoms with Crippen molar-refractivity contribution >= 4 is 5.91 Å². The Bertz CT molecular complexity index is 747. The van der Waals surface area contributed by atoms with E-state index in [1.54, 1.807) is 0 Å². The minimum atomic E-state index is -0.0232. The van der Waals surface area contributed by atoms with Gasteiger partial charge in [0.05, 0.1) is 0 Å². The van der Waals surface area contributed by atoms with Gasteiger partial charge in [0.15, 0.2) is 0 Å². The molecule has 26 heavy (non-hydrogen) atoms. The average Bonchev–Trinajstić information content (AvgIpc) is 2.70. The molecule has 3 nitrogen and oxygen atoms in total. The second-order valence-corrected chi connectivity index (χ2v) is 6.30. The first-order chi connectivity index (χ1) is 12.8. The minimum absolute atomic E-state index is 0.0232. The van der Waals surface area contributed by atoms with Crippen molar-refractivity contribution in [3.8, 4) is 0 Å². The van der Waals surface area contributed by atoms with E-state index in [2.05, 4.69) is 58.7 Å². The summed E-state index contributed by atoms with van der Waals surface area (Å²) in [6.07, 6.45) is 0. The van der Waals surface area contributed by atoms with E-state index in [9.17, 15) is 4.79 Å². The zero-order valence-corrected chi connectivity index (χ0v) is 14.8. The summed E-state index contributed by atoms with van der Waals surface area (Å²) in [5.74, 6) is -0.0232. The molecule has 0 unspecified atom stereocenters. The highest BCUT2D eigenvalue weighted by Crippen LogP contribution is 2.09. The van der Waals surface area contributed by atoms with Gasteiger partial charge in [-0.2, -0.15) is 0 Å². The van der Waals surface area contributed by atoms with Gasteiger partial charge >= 0.3 is 0 Å². The van der Waals surface area contributed by atoms with Crippen molar-refractivity contribution in [1.29, 1.82) is 0 Å². The van der Waals surface area contributed by atoms with Gasteiger partial charge in [0.2, 0.25) is 0 Å². The maximum atomic E-state index is 12.2. The van der Waals surface area contributed by atoms with Crippen LogP contribution in [0.4, 0.5) is 0 Å². The number of amides is 1. The second kappa shape index (κ2) is 9.54. The minimum Gasteiger partial charge on any atom is -0.351 e. The van der Waals surface area contributed by atoms with E-state index in [0.717, 1.165) is 19.6 Å². The first-order valence-electron chi connectivity index (χ1n) is 8.95. The molecule has 3 aromatic carbocycles. The Morgan fingerprint density at radius 1 is 0.692 bits per heavy atom. The molecule has 0 heterocycles. The van der Waals surface area contributed by atoms with E-state index in [4.69, 9.17) is 0 Å². The number of carbonyl (C=O) groups excluding carboxylic acids is 1. The predicted molar refractivity (Wildman–Crippen MR) is 106 cm³/mol. The Kier molecular flexibility index (Phi) is 6.57. The lowest BCUT2D eigenvalue weighted by atomic mass is 10.1. The molecule has 0 saturated carbocycles. The van der Waals surface area contributed by atoms with Crippen molar-refractivity contribution in [2.75, 3.05) is 13.1 Å². The van der Waals surface area contributed by atoms with Crippen LogP contribution in [0.1, 0.15) is 21.5 Å². The van der Waals surface area contributed by atoms with Gasteiger partial charge in [0.1, 0.15) is 0 Å². The van der Waals surface area contributed by atoms with Crippen molar-refractivity contribution in [1.82, 2.24) is 10.2 Å². The second-order valence-electron chi connectivity index (χ2n) is 6.30. The van der Waals surface area contributed by atoms with Gasteiger partial charge in [-0.05, 0) is 23.3 Å². The molecule has 3 rings (SSSR count). The van der Waals surface area contributed by atoms with Crippen molar-refractivity contribution in [2.45, 2.75) is 13.1 Å². The lowest BCUT2D eigenvalue weighted by molar-refractivity contribution is 0.0947. The Morgan fingerprint density at radius 2 is 1.15 bits per heavy atom. The smallest absolute Gasteiger partial charge is 0.251 e. The Hall–Kier alpha value is -2.91. The number of nitrogens with zero attached hydrogens (tertiary/aromatic N) is 1. The quantitative estimate of drug-likeness (QED) is 0.667. The fourth-order valence-corrected chi connectivity index (χ4v) is 2.92. The third-order valence-electron chi connectivity index (χ3n) is 4.25. The lowest BCUT2D eigenvalue weighted by Gasteiger charge is -2.23. The molecule has 0 radical (unpaired) electrons. The highest BCUT2D eigenvalue weighted by molar-refractivity contribution is 5.94. The Morgan fingerprint density at radius 3 is 1.65 bits per heavy atom. The first kappa shape index (κ1) is 17.9. The predicted octanol–water partition coefficient (Wildman–Crippen LogP) is 4.12. The van der Waals surface area contributed by atoms with Crippen LogP contribution in [-0.2, 0) is 13.1 Å². The maximum absolute atomic E-state index is 12.2. The fourth-order valence-electron chi connectivity index (χ4n) is 2.92. The molecule has 3 aromatic rings. The molecule has 0 fully saturated rings. The van der Waals surface area contributed by atoms with Gasteiger partial charge in [0.25, 0.3) is 5.91 Å². The number of rotatable bonds is 8. The van der Waals surface area contributed by atoms with Crippen LogP contribution in [0, 0.1) is 0 Å². The molecule has 0 saturated heterocycles. The molecule has 0 spiro atoms. The monoisotopic (exact) mass is 344 g/mol. The van der Waals surface area contributed by atoms with Crippen LogP contribution >= 0.6 is 0 Å². The summed E-state index contributed by atoms with van der Waals surface area (Å²) in [6, 6.07) is 30.2. The van der Waals surface area contributed by atoms with Crippen LogP contribution in [-0.4, -0.2) is 23.9 Å². The van der Waals surface area contributed by atoms with E-state index in [-0.39, 0.29) is 5.91 Å². The van der Waals surface area contributed by atoms with Crippen LogP contribution in [0.5, 0.6) is 0 Å². The van der Waals surface area contributed by atoms with E-state index < -0.39 is 0 Å². The van der Waals surface area contributed by atoms with Crippen LogP contribution in [0.2, 0.25) is 0 Å². The van der Waals surface area contributed by atoms with Crippen LogP contribution in [0.15, 0.2) is 91.0 Å². The molecule has 3 heteroatoms. The van der Waals surface area contributed by atoms with E-state index in [0.29, 0.717) is 12.1 Å². The standard InChI is InChI=1S/C23H24N2O/c26-23(22-14-8-3-9-15-22)24-16-17-25(18-20-10-4-1-5-11-20)19-21-12-6-2-7-13-21/h1-15H,16-19H2,(H,24,26). The topological polar surface area (TPSA) is 32.3 Å². The van der Waals surface area contributed by atoms with Crippen molar-refractivity contribution in [3.63, 3.8) is 0 Å². The molecule has 1 amide bonds. The SMILES string of the molecule is O=C(NCCN(Cc1ccccc1)Cc1ccccc1)c1ccccc1.